The SMILES string of the molecule is O=C(Nc1ccc(N2CCO/C2=N\O)cc1)c1nccnc1C(=O)Nc1ccc(Cl)cn1. The lowest BCUT2D eigenvalue weighted by atomic mass is 10.2. The molecule has 0 spiro atoms. The largest absolute Gasteiger partial charge is 0.461 e. The first-order valence-corrected chi connectivity index (χ1v) is 9.70. The third kappa shape index (κ3) is 4.57. The van der Waals surface area contributed by atoms with Gasteiger partial charge in [0, 0.05) is 30.0 Å². The highest BCUT2D eigenvalue weighted by atomic mass is 35.5. The monoisotopic (exact) mass is 453 g/mol. The van der Waals surface area contributed by atoms with Crippen LogP contribution in [0.25, 0.3) is 0 Å². The van der Waals surface area contributed by atoms with E-state index in [0.717, 1.165) is 5.69 Å². The smallest absolute Gasteiger partial charge is 0.331 e. The molecule has 1 fully saturated rings. The summed E-state index contributed by atoms with van der Waals surface area (Å²) in [5, 5.41) is 17.7. The number of nitrogens with zero attached hydrogens (tertiary/aromatic N) is 5. The van der Waals surface area contributed by atoms with E-state index in [4.69, 9.17) is 21.5 Å². The predicted molar refractivity (Wildman–Crippen MR) is 116 cm³/mol. The molecule has 0 bridgehead atoms. The van der Waals surface area contributed by atoms with Gasteiger partial charge in [0.25, 0.3) is 11.8 Å². The second-order valence-electron chi connectivity index (χ2n) is 6.45. The number of aromatic nitrogens is 3. The fourth-order valence-electron chi connectivity index (χ4n) is 2.93. The van der Waals surface area contributed by atoms with Crippen molar-refractivity contribution in [1.82, 2.24) is 15.0 Å². The van der Waals surface area contributed by atoms with Crippen molar-refractivity contribution in [2.24, 2.45) is 5.16 Å². The third-order valence-electron chi connectivity index (χ3n) is 4.40. The summed E-state index contributed by atoms with van der Waals surface area (Å²) in [6.45, 7) is 0.937. The van der Waals surface area contributed by atoms with Gasteiger partial charge in [-0.1, -0.05) is 11.6 Å². The zero-order chi connectivity index (χ0) is 22.5. The van der Waals surface area contributed by atoms with Crippen molar-refractivity contribution in [3.05, 3.63) is 71.4 Å². The summed E-state index contributed by atoms with van der Waals surface area (Å²) in [7, 11) is 0. The molecule has 11 nitrogen and oxygen atoms in total. The number of rotatable bonds is 5. The Kier molecular flexibility index (Phi) is 6.08. The summed E-state index contributed by atoms with van der Waals surface area (Å²) < 4.78 is 5.20. The van der Waals surface area contributed by atoms with Crippen LogP contribution in [-0.2, 0) is 4.74 Å². The molecule has 0 saturated carbocycles. The molecular weight excluding hydrogens is 438 g/mol. The highest BCUT2D eigenvalue weighted by Crippen LogP contribution is 2.21. The number of benzene rings is 1. The van der Waals surface area contributed by atoms with Crippen molar-refractivity contribution < 1.29 is 19.5 Å². The molecule has 2 aromatic heterocycles. The Morgan fingerprint density at radius 1 is 1.00 bits per heavy atom. The van der Waals surface area contributed by atoms with Crippen LogP contribution < -0.4 is 15.5 Å². The van der Waals surface area contributed by atoms with Crippen LogP contribution >= 0.6 is 11.6 Å². The average Bonchev–Trinajstić information content (AvgIpc) is 3.30. The Labute approximate surface area is 186 Å². The van der Waals surface area contributed by atoms with Gasteiger partial charge in [0.1, 0.15) is 12.4 Å². The van der Waals surface area contributed by atoms with Gasteiger partial charge in [0.05, 0.1) is 11.6 Å². The standard InChI is InChI=1S/C20H16ClN7O4/c21-12-1-6-15(24-11-12)26-19(30)17-16(22-7-8-23-17)18(29)25-13-2-4-14(5-3-13)28-9-10-32-20(28)27-31/h1-8,11,31H,9-10H2,(H,25,29)(H,24,26,30)/b27-20-. The molecule has 1 aliphatic rings. The fraction of sp³-hybridized carbons (Fsp3) is 0.100. The summed E-state index contributed by atoms with van der Waals surface area (Å²) in [5.41, 5.74) is 0.892. The Morgan fingerprint density at radius 3 is 2.31 bits per heavy atom. The molecule has 3 heterocycles. The molecule has 0 atom stereocenters. The number of hydrogen-bond acceptors (Lipinski definition) is 8. The van der Waals surface area contributed by atoms with Crippen LogP contribution in [0, 0.1) is 0 Å². The predicted octanol–water partition coefficient (Wildman–Crippen LogP) is 2.61. The van der Waals surface area contributed by atoms with E-state index in [1.165, 1.54) is 24.7 Å². The Hall–Kier alpha value is -4.25. The highest BCUT2D eigenvalue weighted by molar-refractivity contribution is 6.30. The van der Waals surface area contributed by atoms with Gasteiger partial charge in [0.15, 0.2) is 11.4 Å². The van der Waals surface area contributed by atoms with Crippen LogP contribution in [-0.4, -0.2) is 51.1 Å². The molecule has 1 aromatic carbocycles. The minimum absolute atomic E-state index is 0.104. The van der Waals surface area contributed by atoms with Gasteiger partial charge in [0.2, 0.25) is 0 Å². The highest BCUT2D eigenvalue weighted by Gasteiger charge is 2.23. The van der Waals surface area contributed by atoms with Crippen molar-refractivity contribution in [1.29, 1.82) is 0 Å². The zero-order valence-corrected chi connectivity index (χ0v) is 17.2. The third-order valence-corrected chi connectivity index (χ3v) is 4.62. The van der Waals surface area contributed by atoms with E-state index in [0.29, 0.717) is 23.9 Å². The molecule has 12 heteroatoms. The maximum atomic E-state index is 12.8. The molecule has 0 aliphatic carbocycles. The lowest BCUT2D eigenvalue weighted by Gasteiger charge is -2.15. The van der Waals surface area contributed by atoms with E-state index in [1.807, 2.05) is 0 Å². The molecule has 1 saturated heterocycles. The van der Waals surface area contributed by atoms with E-state index in [2.05, 4.69) is 30.7 Å². The van der Waals surface area contributed by atoms with E-state index < -0.39 is 11.8 Å². The van der Waals surface area contributed by atoms with E-state index >= 15 is 0 Å². The summed E-state index contributed by atoms with van der Waals surface area (Å²) >= 11 is 5.79. The molecule has 1 aliphatic heterocycles. The molecule has 32 heavy (non-hydrogen) atoms. The normalized spacial score (nSPS) is 14.2. The number of ether oxygens (including phenoxy) is 1. The topological polar surface area (TPSA) is 142 Å². The number of carbonyl (C=O) groups excluding carboxylic acids is 2. The Balaban J connectivity index is 1.48. The Morgan fingerprint density at radius 2 is 1.69 bits per heavy atom. The van der Waals surface area contributed by atoms with Gasteiger partial charge < -0.3 is 20.6 Å². The van der Waals surface area contributed by atoms with Crippen LogP contribution in [0.2, 0.25) is 5.02 Å². The molecular formula is C20H16ClN7O4. The van der Waals surface area contributed by atoms with Crippen LogP contribution in [0.4, 0.5) is 17.2 Å². The Bertz CT molecular complexity index is 1170. The van der Waals surface area contributed by atoms with E-state index in [1.54, 1.807) is 35.2 Å². The molecule has 0 unspecified atom stereocenters. The van der Waals surface area contributed by atoms with Gasteiger partial charge in [-0.3, -0.25) is 14.5 Å². The number of pyridine rings is 1. The van der Waals surface area contributed by atoms with Gasteiger partial charge in [-0.2, -0.15) is 0 Å². The lowest BCUT2D eigenvalue weighted by Crippen LogP contribution is -2.25. The van der Waals surface area contributed by atoms with Gasteiger partial charge in [-0.05, 0) is 41.6 Å². The van der Waals surface area contributed by atoms with Crippen molar-refractivity contribution >= 4 is 46.6 Å². The van der Waals surface area contributed by atoms with E-state index in [9.17, 15) is 9.59 Å². The fourth-order valence-corrected chi connectivity index (χ4v) is 3.05. The summed E-state index contributed by atoms with van der Waals surface area (Å²) in [4.78, 5) is 39.1. The molecule has 2 amide bonds. The van der Waals surface area contributed by atoms with Crippen LogP contribution in [0.1, 0.15) is 21.0 Å². The average molecular weight is 454 g/mol. The van der Waals surface area contributed by atoms with Gasteiger partial charge in [-0.25, -0.2) is 15.0 Å². The molecule has 4 rings (SSSR count). The van der Waals surface area contributed by atoms with Gasteiger partial charge in [-0.15, -0.1) is 0 Å². The first kappa shape index (κ1) is 21.0. The van der Waals surface area contributed by atoms with Crippen molar-refractivity contribution in [2.75, 3.05) is 28.7 Å². The number of amidine groups is 1. The summed E-state index contributed by atoms with van der Waals surface area (Å²) in [6, 6.07) is 9.98. The summed E-state index contributed by atoms with van der Waals surface area (Å²) in [5.74, 6) is -0.996. The molecule has 3 aromatic rings. The van der Waals surface area contributed by atoms with E-state index in [-0.39, 0.29) is 23.2 Å². The van der Waals surface area contributed by atoms with Crippen LogP contribution in [0.15, 0.2) is 60.1 Å². The number of carbonyl (C=O) groups is 2. The van der Waals surface area contributed by atoms with Crippen LogP contribution in [0.3, 0.4) is 0 Å². The minimum Gasteiger partial charge on any atom is -0.461 e. The number of anilines is 3. The maximum Gasteiger partial charge on any atom is 0.331 e. The number of hydrogen-bond donors (Lipinski definition) is 3. The number of amides is 2. The maximum absolute atomic E-state index is 12.8. The first-order valence-electron chi connectivity index (χ1n) is 9.33. The number of halogens is 1. The van der Waals surface area contributed by atoms with Crippen molar-refractivity contribution in [3.8, 4) is 0 Å². The second-order valence-corrected chi connectivity index (χ2v) is 6.89. The summed E-state index contributed by atoms with van der Waals surface area (Å²) in [6.07, 6.45) is 4.02. The quantitative estimate of drug-likeness (QED) is 0.395. The van der Waals surface area contributed by atoms with Crippen molar-refractivity contribution in [3.63, 3.8) is 0 Å². The lowest BCUT2D eigenvalue weighted by molar-refractivity contribution is 0.0982. The number of nitrogens with one attached hydrogen (secondary N) is 2. The zero-order valence-electron chi connectivity index (χ0n) is 16.4. The molecule has 3 N–H and O–H groups in total. The minimum atomic E-state index is -0.640. The first-order chi connectivity index (χ1) is 15.5. The van der Waals surface area contributed by atoms with Crippen LogP contribution in [0.5, 0.6) is 0 Å². The second kappa shape index (κ2) is 9.27. The molecule has 0 radical (unpaired) electrons. The number of oxime groups is 1. The van der Waals surface area contributed by atoms with Gasteiger partial charge >= 0.3 is 6.02 Å². The van der Waals surface area contributed by atoms with Crippen molar-refractivity contribution in [2.45, 2.75) is 0 Å². The molecule has 162 valence electrons.